The van der Waals surface area contributed by atoms with E-state index in [0.29, 0.717) is 29.0 Å². The number of aromatic nitrogens is 1. The van der Waals surface area contributed by atoms with E-state index in [2.05, 4.69) is 52.8 Å². The van der Waals surface area contributed by atoms with Crippen molar-refractivity contribution in [3.8, 4) is 0 Å². The highest BCUT2D eigenvalue weighted by atomic mass is 32.1. The van der Waals surface area contributed by atoms with Gasteiger partial charge in [0.25, 0.3) is 5.91 Å². The van der Waals surface area contributed by atoms with Crippen LogP contribution in [0, 0.1) is 18.8 Å². The minimum atomic E-state index is -0.919. The van der Waals surface area contributed by atoms with Gasteiger partial charge in [-0.3, -0.25) is 19.2 Å². The highest BCUT2D eigenvalue weighted by molar-refractivity contribution is 7.84. The Morgan fingerprint density at radius 2 is 1.60 bits per heavy atom. The first-order valence-electron chi connectivity index (χ1n) is 15.0. The summed E-state index contributed by atoms with van der Waals surface area (Å²) in [5.41, 5.74) is 7.83. The van der Waals surface area contributed by atoms with Crippen molar-refractivity contribution in [2.45, 2.75) is 84.1 Å². The van der Waals surface area contributed by atoms with Gasteiger partial charge in [0.15, 0.2) is 0 Å². The van der Waals surface area contributed by atoms with Gasteiger partial charge in [0.2, 0.25) is 5.91 Å². The van der Waals surface area contributed by atoms with E-state index in [1.807, 2.05) is 46.8 Å². The molecule has 1 saturated heterocycles. The molecule has 2 amide bonds. The van der Waals surface area contributed by atoms with Crippen molar-refractivity contribution in [2.24, 2.45) is 11.8 Å². The Bertz CT molecular complexity index is 1580. The molecule has 0 radical (unpaired) electrons. The molecule has 242 valence electrons. The molecule has 1 fully saturated rings. The minimum Gasteiger partial charge on any atom is -0.481 e. The monoisotopic (exact) mass is 654 g/mol. The Morgan fingerprint density at radius 1 is 0.978 bits per heavy atom. The summed E-state index contributed by atoms with van der Waals surface area (Å²) in [6.07, 6.45) is 4.80. The van der Waals surface area contributed by atoms with Gasteiger partial charge in [0.05, 0.1) is 11.6 Å². The SMILES string of the molecule is C=C(S)C1=C(C)[C@@H](CC2N/C(=C\c3[nH]c(/C=C4\NC(=O)[C@H](C)[C@H]4[C@H](C)S)c(C)c3CCC(=O)O)C(CCC(=O)O)=C2C)NC1=O. The molecule has 0 saturated carbocycles. The number of carboxylic acids is 2. The van der Waals surface area contributed by atoms with Gasteiger partial charge in [-0.05, 0) is 80.0 Å². The number of hydrogen-bond donors (Lipinski definition) is 8. The molecule has 10 nitrogen and oxygen atoms in total. The highest BCUT2D eigenvalue weighted by Gasteiger charge is 2.38. The van der Waals surface area contributed by atoms with Crippen molar-refractivity contribution in [3.63, 3.8) is 0 Å². The summed E-state index contributed by atoms with van der Waals surface area (Å²) in [5.74, 6) is -2.45. The Hall–Kier alpha value is -3.64. The molecule has 1 aromatic rings. The zero-order valence-corrected chi connectivity index (χ0v) is 28.0. The fraction of sp³-hybridized carbons (Fsp3) is 0.455. The number of aliphatic carboxylic acids is 2. The van der Waals surface area contributed by atoms with Crippen LogP contribution in [0.15, 0.2) is 45.2 Å². The molecule has 4 rings (SSSR count). The van der Waals surface area contributed by atoms with Gasteiger partial charge in [0, 0.05) is 63.7 Å². The molecule has 6 N–H and O–H groups in total. The van der Waals surface area contributed by atoms with Crippen molar-refractivity contribution >= 4 is 61.2 Å². The number of hydrogen-bond acceptors (Lipinski definition) is 7. The molecule has 3 aliphatic rings. The standard InChI is InChI=1S/C33H42N4O6S2/c1-14-20(7-9-28(38)39)25(34-22(14)11-24-16(3)31(19(6)45)33(43)36-24)13-26-21(8-10-29(40)41)15(2)23(35-26)12-27-30(18(5)44)17(4)32(42)37-27/h12-13,17-18,22,24,30,34-35,44-45H,6-11H2,1-5H3,(H,36,43)(H,37,42)(H,38,39)(H,40,41)/b25-13-,27-12-/t17-,18+,22?,24-,30+/m1/s1. The summed E-state index contributed by atoms with van der Waals surface area (Å²) >= 11 is 8.91. The second-order valence-electron chi connectivity index (χ2n) is 12.2. The van der Waals surface area contributed by atoms with Crippen LogP contribution < -0.4 is 16.0 Å². The van der Waals surface area contributed by atoms with Crippen LogP contribution in [-0.4, -0.2) is 56.3 Å². The first kappa shape index (κ1) is 34.2. The zero-order valence-electron chi connectivity index (χ0n) is 26.2. The van der Waals surface area contributed by atoms with Gasteiger partial charge in [-0.15, -0.1) is 12.6 Å². The Balaban J connectivity index is 1.75. The number of aromatic amines is 1. The number of H-pyrrole nitrogens is 1. The third-order valence-corrected chi connectivity index (χ3v) is 9.72. The van der Waals surface area contributed by atoms with Crippen LogP contribution in [-0.2, 0) is 25.6 Å². The summed E-state index contributed by atoms with van der Waals surface area (Å²) in [6.45, 7) is 13.4. The maximum Gasteiger partial charge on any atom is 0.303 e. The molecule has 12 heteroatoms. The van der Waals surface area contributed by atoms with Crippen molar-refractivity contribution in [2.75, 3.05) is 0 Å². The second kappa shape index (κ2) is 13.8. The zero-order chi connectivity index (χ0) is 33.3. The van der Waals surface area contributed by atoms with Gasteiger partial charge in [0.1, 0.15) is 0 Å². The molecule has 4 heterocycles. The maximum atomic E-state index is 12.6. The number of nitrogens with one attached hydrogen (secondary N) is 4. The van der Waals surface area contributed by atoms with Crippen LogP contribution in [0.1, 0.15) is 75.9 Å². The van der Waals surface area contributed by atoms with Crippen LogP contribution in [0.3, 0.4) is 0 Å². The summed E-state index contributed by atoms with van der Waals surface area (Å²) in [5, 5.41) is 28.4. The quantitative estimate of drug-likeness (QED) is 0.154. The lowest BCUT2D eigenvalue weighted by Crippen LogP contribution is -2.36. The number of carbonyl (C=O) groups excluding carboxylic acids is 2. The summed E-state index contributed by atoms with van der Waals surface area (Å²) in [7, 11) is 0. The lowest BCUT2D eigenvalue weighted by molar-refractivity contribution is -0.138. The van der Waals surface area contributed by atoms with E-state index < -0.39 is 11.9 Å². The Morgan fingerprint density at radius 3 is 2.18 bits per heavy atom. The number of thiol groups is 2. The van der Waals surface area contributed by atoms with E-state index in [9.17, 15) is 29.4 Å². The van der Waals surface area contributed by atoms with Crippen LogP contribution >= 0.6 is 25.3 Å². The molecule has 0 bridgehead atoms. The molecular formula is C33H42N4O6S2. The molecule has 0 aliphatic carbocycles. The van der Waals surface area contributed by atoms with Gasteiger partial charge < -0.3 is 31.1 Å². The molecule has 45 heavy (non-hydrogen) atoms. The Kier molecular flexibility index (Phi) is 10.5. The number of amides is 2. The van der Waals surface area contributed by atoms with E-state index >= 15 is 0 Å². The predicted molar refractivity (Wildman–Crippen MR) is 181 cm³/mol. The fourth-order valence-electron chi connectivity index (χ4n) is 6.64. The molecule has 1 aromatic heterocycles. The summed E-state index contributed by atoms with van der Waals surface area (Å²) in [6, 6.07) is -0.423. The van der Waals surface area contributed by atoms with Crippen LogP contribution in [0.25, 0.3) is 12.2 Å². The Labute approximate surface area is 274 Å². The highest BCUT2D eigenvalue weighted by Crippen LogP contribution is 2.37. The van der Waals surface area contributed by atoms with Crippen molar-refractivity contribution in [1.82, 2.24) is 20.9 Å². The first-order valence-corrected chi connectivity index (χ1v) is 16.0. The van der Waals surface area contributed by atoms with Gasteiger partial charge >= 0.3 is 11.9 Å². The van der Waals surface area contributed by atoms with Gasteiger partial charge in [-0.25, -0.2) is 0 Å². The molecule has 3 aliphatic heterocycles. The number of carbonyl (C=O) groups is 4. The number of allylic oxidation sites excluding steroid dienone is 2. The first-order chi connectivity index (χ1) is 21.1. The van der Waals surface area contributed by atoms with E-state index in [-0.39, 0.29) is 60.2 Å². The minimum absolute atomic E-state index is 0.0602. The van der Waals surface area contributed by atoms with Crippen molar-refractivity contribution in [1.29, 1.82) is 0 Å². The predicted octanol–water partition coefficient (Wildman–Crippen LogP) is 4.52. The summed E-state index contributed by atoms with van der Waals surface area (Å²) in [4.78, 5) is 52.1. The van der Waals surface area contributed by atoms with Gasteiger partial charge in [-0.1, -0.05) is 20.4 Å². The smallest absolute Gasteiger partial charge is 0.303 e. The molecule has 0 spiro atoms. The lowest BCUT2D eigenvalue weighted by Gasteiger charge is -2.20. The molecular weight excluding hydrogens is 613 g/mol. The lowest BCUT2D eigenvalue weighted by atomic mass is 9.91. The third kappa shape index (κ3) is 7.27. The maximum absolute atomic E-state index is 12.6. The average Bonchev–Trinajstić information content (AvgIpc) is 3.59. The van der Waals surface area contributed by atoms with Crippen LogP contribution in [0.5, 0.6) is 0 Å². The van der Waals surface area contributed by atoms with E-state index in [0.717, 1.165) is 44.9 Å². The topological polar surface area (TPSA) is 161 Å². The number of carboxylic acid groups (broad SMARTS) is 2. The van der Waals surface area contributed by atoms with Crippen molar-refractivity contribution < 1.29 is 29.4 Å². The largest absolute Gasteiger partial charge is 0.481 e. The van der Waals surface area contributed by atoms with E-state index in [1.54, 1.807) is 0 Å². The van der Waals surface area contributed by atoms with E-state index in [4.69, 9.17) is 0 Å². The van der Waals surface area contributed by atoms with Crippen LogP contribution in [0.2, 0.25) is 0 Å². The fourth-order valence-corrected chi connectivity index (χ4v) is 7.33. The van der Waals surface area contributed by atoms with Crippen molar-refractivity contribution in [3.05, 3.63) is 67.7 Å². The van der Waals surface area contributed by atoms with E-state index in [1.165, 1.54) is 0 Å². The number of rotatable bonds is 12. The molecule has 1 unspecified atom stereocenters. The average molecular weight is 655 g/mol. The molecule has 0 aromatic carbocycles. The summed E-state index contributed by atoms with van der Waals surface area (Å²) < 4.78 is 0. The normalized spacial score (nSPS) is 25.7. The van der Waals surface area contributed by atoms with Gasteiger partial charge in [-0.2, -0.15) is 12.6 Å². The van der Waals surface area contributed by atoms with Crippen LogP contribution in [0.4, 0.5) is 0 Å². The third-order valence-electron chi connectivity index (χ3n) is 9.18. The molecule has 5 atom stereocenters. The second-order valence-corrected chi connectivity index (χ2v) is 13.5.